The van der Waals surface area contributed by atoms with E-state index in [9.17, 15) is 14.4 Å². The van der Waals surface area contributed by atoms with E-state index in [1.165, 1.54) is 19.4 Å². The van der Waals surface area contributed by atoms with Gasteiger partial charge in [0.2, 0.25) is 5.91 Å². The van der Waals surface area contributed by atoms with E-state index in [4.69, 9.17) is 5.73 Å². The molecule has 7 nitrogen and oxygen atoms in total. The molecule has 0 aliphatic carbocycles. The molecule has 114 valence electrons. The van der Waals surface area contributed by atoms with Gasteiger partial charge in [-0.2, -0.15) is 0 Å². The number of nitrogens with one attached hydrogen (secondary N) is 1. The highest BCUT2D eigenvalue weighted by Gasteiger charge is 2.22. The third kappa shape index (κ3) is 4.55. The number of methoxy groups -OCH3 is 1. The van der Waals surface area contributed by atoms with Gasteiger partial charge in [0.25, 0.3) is 5.91 Å². The number of nitrogens with two attached hydrogens (primary N) is 1. The summed E-state index contributed by atoms with van der Waals surface area (Å²) in [4.78, 5) is 38.6. The van der Waals surface area contributed by atoms with Gasteiger partial charge in [0, 0.05) is 18.7 Å². The van der Waals surface area contributed by atoms with Gasteiger partial charge in [0.15, 0.2) is 0 Å². The van der Waals surface area contributed by atoms with E-state index in [1.807, 2.05) is 0 Å². The molecule has 0 aliphatic heterocycles. The van der Waals surface area contributed by atoms with E-state index >= 15 is 0 Å². The number of primary amides is 1. The van der Waals surface area contributed by atoms with Crippen molar-refractivity contribution < 1.29 is 19.1 Å². The highest BCUT2D eigenvalue weighted by atomic mass is 16.5. The number of nitrogens with zero attached hydrogens (tertiary/aromatic N) is 1. The molecule has 2 amide bonds. The Morgan fingerprint density at radius 3 is 2.62 bits per heavy atom. The Kier molecular flexibility index (Phi) is 5.83. The minimum absolute atomic E-state index is 0.0116. The number of esters is 1. The molecule has 0 saturated carbocycles. The summed E-state index contributed by atoms with van der Waals surface area (Å²) in [6, 6.07) is 2.71. The Labute approximate surface area is 122 Å². The Hall–Kier alpha value is -2.44. The smallest absolute Gasteiger partial charge is 0.340 e. The number of hydrogen-bond donors (Lipinski definition) is 2. The number of ether oxygens (including phenoxy) is 1. The minimum Gasteiger partial charge on any atom is -0.465 e. The third-order valence-electron chi connectivity index (χ3n) is 3.16. The summed E-state index contributed by atoms with van der Waals surface area (Å²) in [5, 5.41) is 2.70. The SMILES string of the molecule is COC(=O)c1cccnc1C(=O)NC(C)C(C)CC(N)=O. The number of carbonyl (C=O) groups is 3. The predicted octanol–water partition coefficient (Wildman–Crippen LogP) is 0.498. The highest BCUT2D eigenvalue weighted by molar-refractivity contribution is 6.03. The van der Waals surface area contributed by atoms with Crippen LogP contribution in [0.3, 0.4) is 0 Å². The van der Waals surface area contributed by atoms with Crippen LogP contribution in [0.4, 0.5) is 0 Å². The molecule has 0 aliphatic rings. The Balaban J connectivity index is 2.85. The summed E-state index contributed by atoms with van der Waals surface area (Å²) >= 11 is 0. The Morgan fingerprint density at radius 2 is 2.05 bits per heavy atom. The molecule has 2 atom stereocenters. The van der Waals surface area contributed by atoms with Crippen LogP contribution in [0, 0.1) is 5.92 Å². The fourth-order valence-corrected chi connectivity index (χ4v) is 1.77. The number of carbonyl (C=O) groups excluding carboxylic acids is 3. The highest BCUT2D eigenvalue weighted by Crippen LogP contribution is 2.11. The van der Waals surface area contributed by atoms with Crippen molar-refractivity contribution in [3.63, 3.8) is 0 Å². The molecule has 1 rings (SSSR count). The maximum absolute atomic E-state index is 12.2. The van der Waals surface area contributed by atoms with Crippen LogP contribution in [0.25, 0.3) is 0 Å². The average Bonchev–Trinajstić information content (AvgIpc) is 2.45. The summed E-state index contributed by atoms with van der Waals surface area (Å²) < 4.78 is 4.61. The van der Waals surface area contributed by atoms with E-state index in [0.29, 0.717) is 0 Å². The molecular weight excluding hydrogens is 274 g/mol. The van der Waals surface area contributed by atoms with Gasteiger partial charge < -0.3 is 15.8 Å². The lowest BCUT2D eigenvalue weighted by Gasteiger charge is -2.20. The lowest BCUT2D eigenvalue weighted by atomic mass is 9.99. The molecule has 2 unspecified atom stereocenters. The molecule has 0 fully saturated rings. The normalized spacial score (nSPS) is 13.1. The van der Waals surface area contributed by atoms with Crippen molar-refractivity contribution >= 4 is 17.8 Å². The fourth-order valence-electron chi connectivity index (χ4n) is 1.77. The van der Waals surface area contributed by atoms with Gasteiger partial charge in [-0.3, -0.25) is 14.6 Å². The summed E-state index contributed by atoms with van der Waals surface area (Å²) in [5.74, 6) is -1.70. The zero-order chi connectivity index (χ0) is 16.0. The Bertz CT molecular complexity index is 545. The molecule has 1 aromatic heterocycles. The van der Waals surface area contributed by atoms with Crippen molar-refractivity contribution in [3.8, 4) is 0 Å². The first-order valence-electron chi connectivity index (χ1n) is 6.49. The monoisotopic (exact) mass is 293 g/mol. The molecule has 7 heteroatoms. The van der Waals surface area contributed by atoms with Crippen LogP contribution in [0.5, 0.6) is 0 Å². The van der Waals surface area contributed by atoms with E-state index in [-0.39, 0.29) is 29.6 Å². The van der Waals surface area contributed by atoms with Crippen LogP contribution in [-0.2, 0) is 9.53 Å². The van der Waals surface area contributed by atoms with Gasteiger partial charge in [-0.05, 0) is 25.0 Å². The van der Waals surface area contributed by atoms with Crippen molar-refractivity contribution in [3.05, 3.63) is 29.6 Å². The fraction of sp³-hybridized carbons (Fsp3) is 0.429. The van der Waals surface area contributed by atoms with Crippen molar-refractivity contribution in [1.82, 2.24) is 10.3 Å². The van der Waals surface area contributed by atoms with Crippen molar-refractivity contribution in [1.29, 1.82) is 0 Å². The summed E-state index contributed by atoms with van der Waals surface area (Å²) in [6.45, 7) is 3.56. The molecule has 0 radical (unpaired) electrons. The maximum Gasteiger partial charge on any atom is 0.340 e. The first-order chi connectivity index (χ1) is 9.86. The van der Waals surface area contributed by atoms with Gasteiger partial charge in [0.1, 0.15) is 5.69 Å². The zero-order valence-corrected chi connectivity index (χ0v) is 12.3. The molecule has 3 N–H and O–H groups in total. The number of pyridine rings is 1. The molecule has 1 aromatic rings. The molecule has 0 spiro atoms. The number of aromatic nitrogens is 1. The van der Waals surface area contributed by atoms with E-state index in [2.05, 4.69) is 15.0 Å². The van der Waals surface area contributed by atoms with Crippen LogP contribution in [0.1, 0.15) is 41.1 Å². The van der Waals surface area contributed by atoms with Crippen molar-refractivity contribution in [2.75, 3.05) is 7.11 Å². The second-order valence-corrected chi connectivity index (χ2v) is 4.80. The number of rotatable bonds is 6. The lowest BCUT2D eigenvalue weighted by Crippen LogP contribution is -2.39. The molecule has 0 bridgehead atoms. The number of amides is 2. The van der Waals surface area contributed by atoms with Crippen LogP contribution in [-0.4, -0.2) is 35.9 Å². The first-order valence-corrected chi connectivity index (χ1v) is 6.49. The summed E-state index contributed by atoms with van der Waals surface area (Å²) in [7, 11) is 1.23. The van der Waals surface area contributed by atoms with Crippen molar-refractivity contribution in [2.45, 2.75) is 26.3 Å². The van der Waals surface area contributed by atoms with Gasteiger partial charge in [-0.25, -0.2) is 4.79 Å². The van der Waals surface area contributed by atoms with Gasteiger partial charge in [-0.1, -0.05) is 6.92 Å². The van der Waals surface area contributed by atoms with Crippen LogP contribution in [0.15, 0.2) is 18.3 Å². The largest absolute Gasteiger partial charge is 0.465 e. The predicted molar refractivity (Wildman–Crippen MR) is 75.5 cm³/mol. The topological polar surface area (TPSA) is 111 Å². The lowest BCUT2D eigenvalue weighted by molar-refractivity contribution is -0.119. The number of hydrogen-bond acceptors (Lipinski definition) is 5. The van der Waals surface area contributed by atoms with Crippen LogP contribution >= 0.6 is 0 Å². The van der Waals surface area contributed by atoms with E-state index < -0.39 is 17.8 Å². The molecule has 1 heterocycles. The van der Waals surface area contributed by atoms with Gasteiger partial charge in [0.05, 0.1) is 12.7 Å². The standard InChI is InChI=1S/C14H19N3O4/c1-8(7-11(15)18)9(2)17-13(19)12-10(14(20)21-3)5-4-6-16-12/h4-6,8-9H,7H2,1-3H3,(H2,15,18)(H,17,19). The van der Waals surface area contributed by atoms with Crippen molar-refractivity contribution in [2.24, 2.45) is 11.7 Å². The van der Waals surface area contributed by atoms with E-state index in [0.717, 1.165) is 0 Å². The molecule has 0 saturated heterocycles. The first kappa shape index (κ1) is 16.6. The molecular formula is C14H19N3O4. The van der Waals surface area contributed by atoms with E-state index in [1.54, 1.807) is 19.9 Å². The van der Waals surface area contributed by atoms with Gasteiger partial charge in [-0.15, -0.1) is 0 Å². The summed E-state index contributed by atoms with van der Waals surface area (Å²) in [6.07, 6.45) is 1.58. The second kappa shape index (κ2) is 7.37. The quantitative estimate of drug-likeness (QED) is 0.742. The zero-order valence-electron chi connectivity index (χ0n) is 12.3. The van der Waals surface area contributed by atoms with Crippen LogP contribution in [0.2, 0.25) is 0 Å². The molecule has 0 aromatic carbocycles. The minimum atomic E-state index is -0.633. The molecule has 21 heavy (non-hydrogen) atoms. The average molecular weight is 293 g/mol. The second-order valence-electron chi connectivity index (χ2n) is 4.80. The third-order valence-corrected chi connectivity index (χ3v) is 3.16. The van der Waals surface area contributed by atoms with Gasteiger partial charge >= 0.3 is 5.97 Å². The maximum atomic E-state index is 12.2. The Morgan fingerprint density at radius 1 is 1.38 bits per heavy atom. The summed E-state index contributed by atoms with van der Waals surface area (Å²) in [5.41, 5.74) is 5.21. The van der Waals surface area contributed by atoms with Crippen LogP contribution < -0.4 is 11.1 Å².